The van der Waals surface area contributed by atoms with Gasteiger partial charge in [-0.1, -0.05) is 0 Å². The lowest BCUT2D eigenvalue weighted by molar-refractivity contribution is -0.307. The van der Waals surface area contributed by atoms with Crippen molar-refractivity contribution in [2.24, 2.45) is 0 Å². The van der Waals surface area contributed by atoms with Crippen LogP contribution in [0.3, 0.4) is 0 Å². The molecule has 0 amide bonds. The van der Waals surface area contributed by atoms with E-state index in [9.17, 15) is 14.7 Å². The van der Waals surface area contributed by atoms with Crippen molar-refractivity contribution < 1.29 is 19.1 Å². The zero-order valence-electron chi connectivity index (χ0n) is 9.06. The van der Waals surface area contributed by atoms with Gasteiger partial charge in [0.25, 0.3) is 0 Å². The van der Waals surface area contributed by atoms with Gasteiger partial charge in [0, 0.05) is 11.5 Å². The van der Waals surface area contributed by atoms with Crippen LogP contribution < -0.4 is 15.5 Å². The van der Waals surface area contributed by atoms with Crippen LogP contribution >= 0.6 is 0 Å². The molecule has 0 aliphatic carbocycles. The van der Waals surface area contributed by atoms with Crippen LogP contribution in [-0.2, 0) is 4.79 Å². The van der Waals surface area contributed by atoms with Crippen molar-refractivity contribution in [3.8, 4) is 5.75 Å². The molecule has 1 aromatic carbocycles. The number of aryl methyl sites for hydroxylation is 1. The topological polar surface area (TPSA) is 79.6 Å². The molecule has 5 nitrogen and oxygen atoms in total. The summed E-state index contributed by atoms with van der Waals surface area (Å²) in [4.78, 5) is 21.4. The van der Waals surface area contributed by atoms with Crippen LogP contribution in [0.2, 0.25) is 0 Å². The van der Waals surface area contributed by atoms with Crippen LogP contribution in [0, 0.1) is 6.92 Å². The van der Waals surface area contributed by atoms with Crippen LogP contribution in [0.15, 0.2) is 33.5 Å². The minimum atomic E-state index is -1.29. The average Bonchev–Trinajstić information content (AvgIpc) is 2.26. The second kappa shape index (κ2) is 4.29. The summed E-state index contributed by atoms with van der Waals surface area (Å²) in [5.74, 6) is -0.903. The molecule has 0 N–H and O–H groups in total. The lowest BCUT2D eigenvalue weighted by atomic mass is 10.1. The highest BCUT2D eigenvalue weighted by Gasteiger charge is 2.04. The smallest absolute Gasteiger partial charge is 0.336 e. The third kappa shape index (κ3) is 2.44. The Morgan fingerprint density at radius 3 is 2.88 bits per heavy atom. The van der Waals surface area contributed by atoms with Crippen molar-refractivity contribution in [1.82, 2.24) is 0 Å². The molecule has 1 aromatic heterocycles. The summed E-state index contributed by atoms with van der Waals surface area (Å²) >= 11 is 0. The number of carboxylic acids is 1. The zero-order valence-corrected chi connectivity index (χ0v) is 9.06. The van der Waals surface area contributed by atoms with Gasteiger partial charge in [0.15, 0.2) is 0 Å². The van der Waals surface area contributed by atoms with Gasteiger partial charge in [-0.3, -0.25) is 0 Å². The van der Waals surface area contributed by atoms with Gasteiger partial charge >= 0.3 is 5.63 Å². The first kappa shape index (κ1) is 11.2. The standard InChI is InChI=1S/C12H10O5/c1-7-4-12(15)17-10-3-2-8(5-9(7)10)16-6-11(13)14/h2-5H,6H2,1H3,(H,13,14)/p-1. The average molecular weight is 233 g/mol. The number of rotatable bonds is 3. The van der Waals surface area contributed by atoms with E-state index in [0.29, 0.717) is 16.7 Å². The molecule has 0 saturated heterocycles. The Bertz CT molecular complexity index is 626. The summed E-state index contributed by atoms with van der Waals surface area (Å²) in [6.45, 7) is 1.25. The van der Waals surface area contributed by atoms with E-state index in [1.54, 1.807) is 19.1 Å². The number of carbonyl (C=O) groups excluding carboxylic acids is 1. The molecule has 5 heteroatoms. The molecular formula is C12H9O5-. The first-order valence-electron chi connectivity index (χ1n) is 4.93. The van der Waals surface area contributed by atoms with Gasteiger partial charge in [0.2, 0.25) is 0 Å². The van der Waals surface area contributed by atoms with E-state index in [4.69, 9.17) is 9.15 Å². The SMILES string of the molecule is Cc1cc(=O)oc2ccc(OCC(=O)[O-])cc12. The molecule has 0 fully saturated rings. The first-order chi connectivity index (χ1) is 8.06. The van der Waals surface area contributed by atoms with Crippen molar-refractivity contribution in [2.45, 2.75) is 6.92 Å². The van der Waals surface area contributed by atoms with Crippen LogP contribution in [0.25, 0.3) is 11.0 Å². The Kier molecular flexibility index (Phi) is 2.82. The number of aliphatic carboxylic acids is 1. The maximum absolute atomic E-state index is 11.1. The Morgan fingerprint density at radius 1 is 1.41 bits per heavy atom. The maximum atomic E-state index is 11.1. The lowest BCUT2D eigenvalue weighted by Gasteiger charge is -2.07. The summed E-state index contributed by atoms with van der Waals surface area (Å²) in [5, 5.41) is 11.0. The molecule has 0 saturated carbocycles. The number of fused-ring (bicyclic) bond motifs is 1. The van der Waals surface area contributed by atoms with E-state index in [1.165, 1.54) is 12.1 Å². The Balaban J connectivity index is 2.43. The summed E-state index contributed by atoms with van der Waals surface area (Å²) in [5.41, 5.74) is 0.768. The highest BCUT2D eigenvalue weighted by Crippen LogP contribution is 2.22. The van der Waals surface area contributed by atoms with Gasteiger partial charge in [0.05, 0.1) is 5.97 Å². The number of benzene rings is 1. The third-order valence-corrected chi connectivity index (χ3v) is 2.28. The molecule has 1 heterocycles. The summed E-state index contributed by atoms with van der Waals surface area (Å²) in [6.07, 6.45) is 0. The predicted octanol–water partition coefficient (Wildman–Crippen LogP) is 0.230. The van der Waals surface area contributed by atoms with E-state index in [-0.39, 0.29) is 0 Å². The second-order valence-corrected chi connectivity index (χ2v) is 3.57. The largest absolute Gasteiger partial charge is 0.546 e. The molecule has 0 spiro atoms. The lowest BCUT2D eigenvalue weighted by Crippen LogP contribution is -2.28. The van der Waals surface area contributed by atoms with Crippen molar-refractivity contribution >= 4 is 16.9 Å². The monoisotopic (exact) mass is 233 g/mol. The number of hydrogen-bond donors (Lipinski definition) is 0. The fourth-order valence-corrected chi connectivity index (χ4v) is 1.53. The Labute approximate surface area is 96.2 Å². The van der Waals surface area contributed by atoms with E-state index in [1.807, 2.05) is 0 Å². The number of carbonyl (C=O) groups is 1. The molecule has 2 rings (SSSR count). The van der Waals surface area contributed by atoms with Gasteiger partial charge in [0.1, 0.15) is 17.9 Å². The Hall–Kier alpha value is -2.30. The molecule has 0 atom stereocenters. The van der Waals surface area contributed by atoms with Crippen LogP contribution in [-0.4, -0.2) is 12.6 Å². The predicted molar refractivity (Wildman–Crippen MR) is 57.7 cm³/mol. The first-order valence-corrected chi connectivity index (χ1v) is 4.93. The van der Waals surface area contributed by atoms with Crippen molar-refractivity contribution in [3.63, 3.8) is 0 Å². The van der Waals surface area contributed by atoms with Gasteiger partial charge < -0.3 is 19.1 Å². The normalized spacial score (nSPS) is 10.4. The molecule has 2 aromatic rings. The van der Waals surface area contributed by atoms with Crippen molar-refractivity contribution in [3.05, 3.63) is 40.2 Å². The van der Waals surface area contributed by atoms with Crippen LogP contribution in [0.1, 0.15) is 5.56 Å². The fourth-order valence-electron chi connectivity index (χ4n) is 1.53. The molecule has 0 aliphatic heterocycles. The minimum absolute atomic E-state index is 0.388. The third-order valence-electron chi connectivity index (χ3n) is 2.28. The van der Waals surface area contributed by atoms with Crippen molar-refractivity contribution in [1.29, 1.82) is 0 Å². The van der Waals surface area contributed by atoms with E-state index >= 15 is 0 Å². The summed E-state index contributed by atoms with van der Waals surface area (Å²) in [6, 6.07) is 6.09. The van der Waals surface area contributed by atoms with E-state index in [0.717, 1.165) is 5.56 Å². The molecular weight excluding hydrogens is 224 g/mol. The second-order valence-electron chi connectivity index (χ2n) is 3.57. The van der Waals surface area contributed by atoms with Gasteiger partial charge in [-0.05, 0) is 30.7 Å². The van der Waals surface area contributed by atoms with Gasteiger partial charge in [-0.2, -0.15) is 0 Å². The van der Waals surface area contributed by atoms with E-state index in [2.05, 4.69) is 0 Å². The number of hydrogen-bond acceptors (Lipinski definition) is 5. The Morgan fingerprint density at radius 2 is 2.18 bits per heavy atom. The molecule has 17 heavy (non-hydrogen) atoms. The molecule has 0 aliphatic rings. The zero-order chi connectivity index (χ0) is 12.4. The molecule has 88 valence electrons. The highest BCUT2D eigenvalue weighted by atomic mass is 16.5. The molecule has 0 unspecified atom stereocenters. The number of ether oxygens (including phenoxy) is 1. The summed E-state index contributed by atoms with van der Waals surface area (Å²) in [7, 11) is 0. The molecule has 0 bridgehead atoms. The van der Waals surface area contributed by atoms with Crippen LogP contribution in [0.5, 0.6) is 5.75 Å². The van der Waals surface area contributed by atoms with Gasteiger partial charge in [-0.25, -0.2) is 4.79 Å². The minimum Gasteiger partial charge on any atom is -0.546 e. The fraction of sp³-hybridized carbons (Fsp3) is 0.167. The van der Waals surface area contributed by atoms with E-state index < -0.39 is 18.2 Å². The van der Waals surface area contributed by atoms with Gasteiger partial charge in [-0.15, -0.1) is 0 Å². The highest BCUT2D eigenvalue weighted by molar-refractivity contribution is 5.81. The summed E-state index contributed by atoms with van der Waals surface area (Å²) < 4.78 is 9.96. The van der Waals surface area contributed by atoms with Crippen LogP contribution in [0.4, 0.5) is 0 Å². The quantitative estimate of drug-likeness (QED) is 0.709. The maximum Gasteiger partial charge on any atom is 0.336 e. The number of carboxylic acid groups (broad SMARTS) is 1. The van der Waals surface area contributed by atoms with Crippen molar-refractivity contribution in [2.75, 3.05) is 6.61 Å². The molecule has 0 radical (unpaired) electrons.